The van der Waals surface area contributed by atoms with Crippen LogP contribution in [0.4, 0.5) is 20.6 Å². The molecule has 0 saturated carbocycles. The van der Waals surface area contributed by atoms with Crippen molar-refractivity contribution in [3.8, 4) is 0 Å². The van der Waals surface area contributed by atoms with E-state index < -0.39 is 23.8 Å². The van der Waals surface area contributed by atoms with Gasteiger partial charge in [0.2, 0.25) is 11.8 Å². The number of benzene rings is 2. The molecule has 8 heteroatoms. The average Bonchev–Trinajstić information content (AvgIpc) is 3.16. The minimum Gasteiger partial charge on any atom is -0.334 e. The lowest BCUT2D eigenvalue weighted by Gasteiger charge is -2.22. The van der Waals surface area contributed by atoms with Gasteiger partial charge in [-0.3, -0.25) is 9.59 Å². The summed E-state index contributed by atoms with van der Waals surface area (Å²) in [7, 11) is 0. The number of halogens is 1. The number of urea groups is 1. The summed E-state index contributed by atoms with van der Waals surface area (Å²) in [4.78, 5) is 38.2. The number of hydrogen-bond acceptors (Lipinski definition) is 3. The molecule has 0 spiro atoms. The second kappa shape index (κ2) is 10.1. The minimum atomic E-state index is -0.807. The normalized spacial score (nSPS) is 14.5. The van der Waals surface area contributed by atoms with Crippen LogP contribution >= 0.6 is 0 Å². The Balaban J connectivity index is 1.60. The van der Waals surface area contributed by atoms with Gasteiger partial charge in [-0.15, -0.1) is 0 Å². The van der Waals surface area contributed by atoms with Crippen molar-refractivity contribution in [3.63, 3.8) is 0 Å². The third-order valence-corrected chi connectivity index (χ3v) is 5.11. The van der Waals surface area contributed by atoms with Gasteiger partial charge >= 0.3 is 6.03 Å². The third-order valence-electron chi connectivity index (χ3n) is 5.11. The number of rotatable bonds is 7. The zero-order valence-corrected chi connectivity index (χ0v) is 17.7. The molecule has 0 aromatic heterocycles. The van der Waals surface area contributed by atoms with E-state index in [0.29, 0.717) is 25.9 Å². The summed E-state index contributed by atoms with van der Waals surface area (Å²) in [5.74, 6) is -1.33. The summed E-state index contributed by atoms with van der Waals surface area (Å²) in [5, 5.41) is 8.05. The molecule has 2 aromatic carbocycles. The van der Waals surface area contributed by atoms with Crippen molar-refractivity contribution in [1.82, 2.24) is 10.6 Å². The topological polar surface area (TPSA) is 90.5 Å². The van der Waals surface area contributed by atoms with E-state index in [1.807, 2.05) is 44.2 Å². The fraction of sp³-hybridized carbons (Fsp3) is 0.348. The van der Waals surface area contributed by atoms with Gasteiger partial charge in [-0.05, 0) is 36.1 Å². The molecular weight excluding hydrogens is 399 g/mol. The van der Waals surface area contributed by atoms with Crippen molar-refractivity contribution < 1.29 is 18.8 Å². The molecule has 0 bridgehead atoms. The Morgan fingerprint density at radius 3 is 2.48 bits per heavy atom. The van der Waals surface area contributed by atoms with Crippen molar-refractivity contribution in [2.75, 3.05) is 16.8 Å². The van der Waals surface area contributed by atoms with Gasteiger partial charge in [0, 0.05) is 25.2 Å². The summed E-state index contributed by atoms with van der Waals surface area (Å²) in [5.41, 5.74) is 1.41. The van der Waals surface area contributed by atoms with Crippen LogP contribution in [0, 0.1) is 11.7 Å². The molecule has 1 atom stereocenters. The molecule has 1 aliphatic rings. The van der Waals surface area contributed by atoms with Crippen LogP contribution in [0.1, 0.15) is 32.3 Å². The standard InChI is InChI=1S/C23H27FN4O3/c1-15(2)21(27-23(31)25-14-16-7-4-3-5-8-16)22(30)26-17-10-11-19(18(24)13-17)28-12-6-9-20(28)29/h3-5,7-8,10-11,13,15,21H,6,9,12,14H2,1-2H3,(H,26,30)(H2,25,27,31). The van der Waals surface area contributed by atoms with Crippen LogP contribution in [-0.2, 0) is 16.1 Å². The molecule has 1 aliphatic heterocycles. The van der Waals surface area contributed by atoms with Crippen LogP contribution in [0.2, 0.25) is 0 Å². The number of carbonyl (C=O) groups is 3. The van der Waals surface area contributed by atoms with Gasteiger partial charge in [0.15, 0.2) is 0 Å². The fourth-order valence-electron chi connectivity index (χ4n) is 3.43. The van der Waals surface area contributed by atoms with Crippen LogP contribution < -0.4 is 20.9 Å². The number of amides is 4. The SMILES string of the molecule is CC(C)C(NC(=O)NCc1ccccc1)C(=O)Nc1ccc(N2CCCC2=O)c(F)c1. The van der Waals surface area contributed by atoms with Crippen molar-refractivity contribution in [3.05, 3.63) is 59.9 Å². The highest BCUT2D eigenvalue weighted by atomic mass is 19.1. The Kier molecular flexibility index (Phi) is 7.23. The van der Waals surface area contributed by atoms with Crippen molar-refractivity contribution in [2.24, 2.45) is 5.92 Å². The molecule has 7 nitrogen and oxygen atoms in total. The quantitative estimate of drug-likeness (QED) is 0.634. The van der Waals surface area contributed by atoms with Crippen LogP contribution in [0.3, 0.4) is 0 Å². The van der Waals surface area contributed by atoms with E-state index in [-0.39, 0.29) is 23.2 Å². The first kappa shape index (κ1) is 22.3. The number of carbonyl (C=O) groups excluding carboxylic acids is 3. The Hall–Kier alpha value is -3.42. The van der Waals surface area contributed by atoms with Gasteiger partial charge in [-0.1, -0.05) is 44.2 Å². The molecular formula is C23H27FN4O3. The Labute approximate surface area is 181 Å². The summed E-state index contributed by atoms with van der Waals surface area (Å²) in [6.07, 6.45) is 1.11. The maximum atomic E-state index is 14.5. The Morgan fingerprint density at radius 1 is 1.13 bits per heavy atom. The molecule has 3 N–H and O–H groups in total. The van der Waals surface area contributed by atoms with Crippen molar-refractivity contribution in [1.29, 1.82) is 0 Å². The second-order valence-electron chi connectivity index (χ2n) is 7.84. The summed E-state index contributed by atoms with van der Waals surface area (Å²) in [6, 6.07) is 12.4. The van der Waals surface area contributed by atoms with E-state index in [2.05, 4.69) is 16.0 Å². The van der Waals surface area contributed by atoms with E-state index >= 15 is 0 Å². The zero-order valence-electron chi connectivity index (χ0n) is 17.7. The predicted molar refractivity (Wildman–Crippen MR) is 117 cm³/mol. The average molecular weight is 426 g/mol. The minimum absolute atomic E-state index is 0.110. The van der Waals surface area contributed by atoms with Crippen LogP contribution in [0.5, 0.6) is 0 Å². The van der Waals surface area contributed by atoms with Gasteiger partial charge in [0.05, 0.1) is 5.69 Å². The molecule has 0 radical (unpaired) electrons. The van der Waals surface area contributed by atoms with E-state index in [0.717, 1.165) is 5.56 Å². The molecule has 1 unspecified atom stereocenters. The number of hydrogen-bond donors (Lipinski definition) is 3. The lowest BCUT2D eigenvalue weighted by atomic mass is 10.0. The molecule has 3 rings (SSSR count). The maximum Gasteiger partial charge on any atom is 0.315 e. The van der Waals surface area contributed by atoms with Crippen LogP contribution in [-0.4, -0.2) is 30.4 Å². The molecule has 1 fully saturated rings. The van der Waals surface area contributed by atoms with Gasteiger partial charge < -0.3 is 20.9 Å². The molecule has 1 heterocycles. The monoisotopic (exact) mass is 426 g/mol. The van der Waals surface area contributed by atoms with E-state index in [9.17, 15) is 18.8 Å². The highest BCUT2D eigenvalue weighted by Crippen LogP contribution is 2.27. The Morgan fingerprint density at radius 2 is 1.87 bits per heavy atom. The van der Waals surface area contributed by atoms with E-state index in [1.165, 1.54) is 17.0 Å². The van der Waals surface area contributed by atoms with Gasteiger partial charge in [0.25, 0.3) is 0 Å². The Bertz CT molecular complexity index is 949. The lowest BCUT2D eigenvalue weighted by Crippen LogP contribution is -2.50. The lowest BCUT2D eigenvalue weighted by molar-refractivity contribution is -0.119. The molecule has 31 heavy (non-hydrogen) atoms. The van der Waals surface area contributed by atoms with E-state index in [4.69, 9.17) is 0 Å². The fourth-order valence-corrected chi connectivity index (χ4v) is 3.43. The van der Waals surface area contributed by atoms with Crippen molar-refractivity contribution in [2.45, 2.75) is 39.3 Å². The number of nitrogens with zero attached hydrogens (tertiary/aromatic N) is 1. The molecule has 0 aliphatic carbocycles. The summed E-state index contributed by atoms with van der Waals surface area (Å²) >= 11 is 0. The first-order valence-electron chi connectivity index (χ1n) is 10.3. The smallest absolute Gasteiger partial charge is 0.315 e. The molecule has 164 valence electrons. The number of anilines is 2. The van der Waals surface area contributed by atoms with Gasteiger partial charge in [0.1, 0.15) is 11.9 Å². The summed E-state index contributed by atoms with van der Waals surface area (Å²) < 4.78 is 14.5. The van der Waals surface area contributed by atoms with E-state index in [1.54, 1.807) is 6.07 Å². The van der Waals surface area contributed by atoms with Crippen molar-refractivity contribution >= 4 is 29.2 Å². The zero-order chi connectivity index (χ0) is 22.4. The number of nitrogens with one attached hydrogen (secondary N) is 3. The first-order valence-corrected chi connectivity index (χ1v) is 10.3. The second-order valence-corrected chi connectivity index (χ2v) is 7.84. The highest BCUT2D eigenvalue weighted by Gasteiger charge is 2.26. The molecule has 4 amide bonds. The van der Waals surface area contributed by atoms with Crippen LogP contribution in [0.15, 0.2) is 48.5 Å². The maximum absolute atomic E-state index is 14.5. The summed E-state index contributed by atoms with van der Waals surface area (Å²) in [6.45, 7) is 4.44. The largest absolute Gasteiger partial charge is 0.334 e. The van der Waals surface area contributed by atoms with Gasteiger partial charge in [-0.25, -0.2) is 9.18 Å². The van der Waals surface area contributed by atoms with Crippen LogP contribution in [0.25, 0.3) is 0 Å². The molecule has 1 saturated heterocycles. The predicted octanol–water partition coefficient (Wildman–Crippen LogP) is 3.42. The first-order chi connectivity index (χ1) is 14.8. The molecule has 2 aromatic rings. The van der Waals surface area contributed by atoms with Gasteiger partial charge in [-0.2, -0.15) is 0 Å². The highest BCUT2D eigenvalue weighted by molar-refractivity contribution is 5.98. The third kappa shape index (κ3) is 5.81.